The molecule has 3 heteroatoms. The van der Waals surface area contributed by atoms with Crippen LogP contribution in [0.5, 0.6) is 0 Å². The molecule has 0 amide bonds. The summed E-state index contributed by atoms with van der Waals surface area (Å²) < 4.78 is 0. The first-order chi connectivity index (χ1) is 12.2. The first-order valence-electron chi connectivity index (χ1n) is 9.39. The summed E-state index contributed by atoms with van der Waals surface area (Å²) in [6, 6.07) is 19.4. The van der Waals surface area contributed by atoms with Crippen LogP contribution in [-0.2, 0) is 0 Å². The summed E-state index contributed by atoms with van der Waals surface area (Å²) in [5, 5.41) is 25.2. The molecule has 0 aliphatic rings. The van der Waals surface area contributed by atoms with Crippen LogP contribution in [0.3, 0.4) is 0 Å². The fourth-order valence-electron chi connectivity index (χ4n) is 3.33. The summed E-state index contributed by atoms with van der Waals surface area (Å²) >= 11 is 0. The van der Waals surface area contributed by atoms with Crippen LogP contribution in [0.4, 0.5) is 0 Å². The fourth-order valence-corrected chi connectivity index (χ4v) is 3.33. The fraction of sp³-hybridized carbons (Fsp3) is 0.455. The highest BCUT2D eigenvalue weighted by Gasteiger charge is 2.27. The second-order valence-corrected chi connectivity index (χ2v) is 6.67. The summed E-state index contributed by atoms with van der Waals surface area (Å²) in [6.07, 6.45) is 2.51. The lowest BCUT2D eigenvalue weighted by atomic mass is 9.93. The van der Waals surface area contributed by atoms with Gasteiger partial charge in [0.2, 0.25) is 0 Å². The van der Waals surface area contributed by atoms with Gasteiger partial charge in [-0.2, -0.15) is 0 Å². The molecule has 0 fully saturated rings. The molecule has 0 aliphatic carbocycles. The van der Waals surface area contributed by atoms with E-state index in [1.54, 1.807) is 0 Å². The molecule has 2 aromatic carbocycles. The largest absolute Gasteiger partial charge is 0.387 e. The minimum atomic E-state index is -0.580. The van der Waals surface area contributed by atoms with E-state index in [9.17, 15) is 10.2 Å². The van der Waals surface area contributed by atoms with Crippen LogP contribution >= 0.6 is 0 Å². The van der Waals surface area contributed by atoms with Crippen molar-refractivity contribution < 1.29 is 10.2 Å². The van der Waals surface area contributed by atoms with Gasteiger partial charge in [0.05, 0.1) is 12.2 Å². The number of aliphatic hydroxyl groups is 2. The van der Waals surface area contributed by atoms with Crippen LogP contribution in [-0.4, -0.2) is 22.3 Å². The Kier molecular flexibility index (Phi) is 8.13. The van der Waals surface area contributed by atoms with Crippen LogP contribution < -0.4 is 5.32 Å². The second-order valence-electron chi connectivity index (χ2n) is 6.67. The third kappa shape index (κ3) is 5.67. The molecule has 0 aromatic heterocycles. The van der Waals surface area contributed by atoms with Crippen molar-refractivity contribution in [3.63, 3.8) is 0 Å². The predicted octanol–water partition coefficient (Wildman–Crippen LogP) is 4.38. The van der Waals surface area contributed by atoms with Gasteiger partial charge in [0.25, 0.3) is 0 Å². The highest BCUT2D eigenvalue weighted by Crippen LogP contribution is 2.25. The smallest absolute Gasteiger partial charge is 0.0943 e. The Morgan fingerprint density at radius 3 is 1.36 bits per heavy atom. The molecule has 0 bridgehead atoms. The summed E-state index contributed by atoms with van der Waals surface area (Å²) in [6.45, 7) is 4.24. The Bertz CT molecular complexity index is 534. The van der Waals surface area contributed by atoms with Gasteiger partial charge in [-0.05, 0) is 24.0 Å². The van der Waals surface area contributed by atoms with Crippen LogP contribution in [0.2, 0.25) is 0 Å². The van der Waals surface area contributed by atoms with E-state index in [2.05, 4.69) is 19.2 Å². The first-order valence-corrected chi connectivity index (χ1v) is 9.39. The Labute approximate surface area is 151 Å². The summed E-state index contributed by atoms with van der Waals surface area (Å²) in [4.78, 5) is 0. The van der Waals surface area contributed by atoms with Crippen molar-refractivity contribution in [1.82, 2.24) is 5.32 Å². The van der Waals surface area contributed by atoms with Crippen molar-refractivity contribution >= 4 is 0 Å². The molecule has 0 heterocycles. The normalized spacial score (nSPS) is 16.2. The van der Waals surface area contributed by atoms with E-state index in [4.69, 9.17) is 0 Å². The summed E-state index contributed by atoms with van der Waals surface area (Å²) in [5.74, 6) is 0. The van der Waals surface area contributed by atoms with Crippen molar-refractivity contribution in [3.05, 3.63) is 71.8 Å². The molecule has 0 radical (unpaired) electrons. The molecule has 136 valence electrons. The second kappa shape index (κ2) is 10.3. The van der Waals surface area contributed by atoms with Crippen LogP contribution in [0, 0.1) is 0 Å². The Morgan fingerprint density at radius 1 is 0.680 bits per heavy atom. The monoisotopic (exact) mass is 341 g/mol. The maximum absolute atomic E-state index is 10.8. The van der Waals surface area contributed by atoms with Gasteiger partial charge in [0, 0.05) is 12.1 Å². The van der Waals surface area contributed by atoms with Gasteiger partial charge in [-0.3, -0.25) is 0 Å². The molecular formula is C22H31NO2. The van der Waals surface area contributed by atoms with Gasteiger partial charge in [-0.15, -0.1) is 0 Å². The number of hydrogen-bond acceptors (Lipinski definition) is 3. The molecular weight excluding hydrogens is 310 g/mol. The zero-order valence-corrected chi connectivity index (χ0v) is 15.3. The van der Waals surface area contributed by atoms with E-state index in [0.717, 1.165) is 36.8 Å². The molecule has 0 unspecified atom stereocenters. The summed E-state index contributed by atoms with van der Waals surface area (Å²) in [5.41, 5.74) is 1.83. The van der Waals surface area contributed by atoms with E-state index in [-0.39, 0.29) is 12.1 Å². The van der Waals surface area contributed by atoms with Crippen molar-refractivity contribution in [1.29, 1.82) is 0 Å². The van der Waals surface area contributed by atoms with E-state index >= 15 is 0 Å². The molecule has 2 rings (SSSR count). The van der Waals surface area contributed by atoms with Crippen molar-refractivity contribution in [2.24, 2.45) is 0 Å². The molecule has 3 nitrogen and oxygen atoms in total. The Hall–Kier alpha value is -1.68. The molecule has 0 saturated heterocycles. The van der Waals surface area contributed by atoms with Crippen molar-refractivity contribution in [3.8, 4) is 0 Å². The highest BCUT2D eigenvalue weighted by molar-refractivity contribution is 5.21. The number of nitrogens with one attached hydrogen (secondary N) is 1. The quantitative estimate of drug-likeness (QED) is 0.601. The maximum Gasteiger partial charge on any atom is 0.0943 e. The zero-order chi connectivity index (χ0) is 18.1. The molecule has 0 saturated carbocycles. The van der Waals surface area contributed by atoms with Crippen LogP contribution in [0.15, 0.2) is 60.7 Å². The zero-order valence-electron chi connectivity index (χ0n) is 15.3. The number of rotatable bonds is 10. The molecule has 3 N–H and O–H groups in total. The van der Waals surface area contributed by atoms with E-state index < -0.39 is 12.2 Å². The lowest BCUT2D eigenvalue weighted by Gasteiger charge is -2.32. The van der Waals surface area contributed by atoms with Gasteiger partial charge in [-0.25, -0.2) is 0 Å². The lowest BCUT2D eigenvalue weighted by molar-refractivity contribution is 0.0745. The third-order valence-electron chi connectivity index (χ3n) is 4.67. The van der Waals surface area contributed by atoms with E-state index in [1.807, 2.05) is 60.7 Å². The highest BCUT2D eigenvalue weighted by atomic mass is 16.3. The average Bonchev–Trinajstić information content (AvgIpc) is 2.67. The summed E-state index contributed by atoms with van der Waals surface area (Å²) in [7, 11) is 0. The van der Waals surface area contributed by atoms with E-state index in [1.165, 1.54) is 0 Å². The molecule has 0 aliphatic heterocycles. The van der Waals surface area contributed by atoms with E-state index in [0.29, 0.717) is 0 Å². The first kappa shape index (κ1) is 19.6. The molecule has 4 atom stereocenters. The van der Waals surface area contributed by atoms with Gasteiger partial charge >= 0.3 is 0 Å². The van der Waals surface area contributed by atoms with Crippen molar-refractivity contribution in [2.75, 3.05) is 0 Å². The maximum atomic E-state index is 10.8. The minimum absolute atomic E-state index is 0.0812. The van der Waals surface area contributed by atoms with Crippen LogP contribution in [0.1, 0.15) is 62.9 Å². The minimum Gasteiger partial charge on any atom is -0.387 e. The SMILES string of the molecule is CCC[C@H](N[C@H](CCC)[C@H](O)c1ccccc1)[C@@H](O)c1ccccc1. The van der Waals surface area contributed by atoms with Gasteiger partial charge < -0.3 is 15.5 Å². The number of aliphatic hydroxyl groups excluding tert-OH is 2. The molecule has 0 spiro atoms. The van der Waals surface area contributed by atoms with Gasteiger partial charge in [0.1, 0.15) is 0 Å². The average molecular weight is 341 g/mol. The van der Waals surface area contributed by atoms with Gasteiger partial charge in [-0.1, -0.05) is 87.4 Å². The third-order valence-corrected chi connectivity index (χ3v) is 4.67. The van der Waals surface area contributed by atoms with Crippen LogP contribution in [0.25, 0.3) is 0 Å². The van der Waals surface area contributed by atoms with Gasteiger partial charge in [0.15, 0.2) is 0 Å². The standard InChI is InChI=1S/C22H31NO2/c1-3-11-19(21(24)17-13-7-5-8-14-17)23-20(12-4-2)22(25)18-15-9-6-10-16-18/h5-10,13-16,19-25H,3-4,11-12H2,1-2H3/t19-,20+,21-,22+. The number of hydrogen-bond donors (Lipinski definition) is 3. The number of benzene rings is 2. The Balaban J connectivity index is 2.15. The predicted molar refractivity (Wildman–Crippen MR) is 103 cm³/mol. The molecule has 2 aromatic rings. The Morgan fingerprint density at radius 2 is 1.04 bits per heavy atom. The lowest BCUT2D eigenvalue weighted by Crippen LogP contribution is -2.45. The van der Waals surface area contributed by atoms with Crippen molar-refractivity contribution in [2.45, 2.75) is 63.8 Å². The molecule has 25 heavy (non-hydrogen) atoms. The topological polar surface area (TPSA) is 52.5 Å².